The molecule has 0 unspecified atom stereocenters. The minimum Gasteiger partial charge on any atom is -0.445 e. The lowest BCUT2D eigenvalue weighted by Gasteiger charge is -2.41. The zero-order chi connectivity index (χ0) is 16.8. The maximum atomic E-state index is 11.9. The van der Waals surface area contributed by atoms with Crippen LogP contribution in [0.15, 0.2) is 30.3 Å². The van der Waals surface area contributed by atoms with Crippen LogP contribution in [-0.2, 0) is 20.8 Å². The van der Waals surface area contributed by atoms with Gasteiger partial charge in [0.25, 0.3) is 0 Å². The van der Waals surface area contributed by atoms with Gasteiger partial charge in [0.05, 0.1) is 6.61 Å². The van der Waals surface area contributed by atoms with Crippen molar-refractivity contribution >= 4 is 6.09 Å². The third kappa shape index (κ3) is 4.40. The Bertz CT molecular complexity index is 496. The highest BCUT2D eigenvalue weighted by Gasteiger charge is 2.45. The topological polar surface area (TPSA) is 117 Å². The third-order valence-electron chi connectivity index (χ3n) is 3.61. The maximum Gasteiger partial charge on any atom is 0.407 e. The Kier molecular flexibility index (Phi) is 6.31. The van der Waals surface area contributed by atoms with E-state index in [4.69, 9.17) is 19.3 Å². The van der Waals surface area contributed by atoms with Gasteiger partial charge >= 0.3 is 6.09 Å². The van der Waals surface area contributed by atoms with E-state index >= 15 is 0 Å². The van der Waals surface area contributed by atoms with Crippen molar-refractivity contribution < 1.29 is 34.3 Å². The molecule has 0 aliphatic carbocycles. The van der Waals surface area contributed by atoms with Gasteiger partial charge in [0, 0.05) is 7.11 Å². The van der Waals surface area contributed by atoms with Gasteiger partial charge in [-0.25, -0.2) is 4.79 Å². The zero-order valence-electron chi connectivity index (χ0n) is 12.7. The first-order chi connectivity index (χ1) is 11.1. The van der Waals surface area contributed by atoms with Crippen molar-refractivity contribution in [1.82, 2.24) is 5.32 Å². The van der Waals surface area contributed by atoms with Crippen LogP contribution in [0.4, 0.5) is 4.79 Å². The number of aliphatic hydroxyl groups is 3. The highest BCUT2D eigenvalue weighted by Crippen LogP contribution is 2.21. The number of carbonyl (C=O) groups excluding carboxylic acids is 1. The van der Waals surface area contributed by atoms with E-state index in [9.17, 15) is 15.0 Å². The molecule has 128 valence electrons. The number of benzene rings is 1. The fourth-order valence-electron chi connectivity index (χ4n) is 2.34. The summed E-state index contributed by atoms with van der Waals surface area (Å²) in [6.45, 7) is -0.418. The molecule has 1 aliphatic heterocycles. The van der Waals surface area contributed by atoms with Gasteiger partial charge in [0.2, 0.25) is 0 Å². The summed E-state index contributed by atoms with van der Waals surface area (Å²) in [6, 6.07) is 8.07. The molecule has 1 aromatic rings. The van der Waals surface area contributed by atoms with Crippen LogP contribution in [0.2, 0.25) is 0 Å². The number of hydrogen-bond acceptors (Lipinski definition) is 7. The molecule has 4 N–H and O–H groups in total. The average Bonchev–Trinajstić information content (AvgIpc) is 2.58. The fourth-order valence-corrected chi connectivity index (χ4v) is 2.34. The molecule has 5 atom stereocenters. The predicted molar refractivity (Wildman–Crippen MR) is 78.3 cm³/mol. The molecule has 1 fully saturated rings. The maximum absolute atomic E-state index is 11.9. The normalized spacial score (nSPS) is 30.7. The Labute approximate surface area is 133 Å². The lowest BCUT2D eigenvalue weighted by molar-refractivity contribution is -0.262. The number of carbonyl (C=O) groups is 1. The molecule has 0 radical (unpaired) electrons. The van der Waals surface area contributed by atoms with Crippen LogP contribution in [0.5, 0.6) is 0 Å². The van der Waals surface area contributed by atoms with Crippen LogP contribution in [0.1, 0.15) is 5.56 Å². The van der Waals surface area contributed by atoms with Crippen molar-refractivity contribution in [2.24, 2.45) is 0 Å². The Hall–Kier alpha value is -1.71. The van der Waals surface area contributed by atoms with Crippen LogP contribution in [-0.4, -0.2) is 65.8 Å². The van der Waals surface area contributed by atoms with Crippen LogP contribution in [0.25, 0.3) is 0 Å². The van der Waals surface area contributed by atoms with E-state index in [0.29, 0.717) is 0 Å². The first-order valence-corrected chi connectivity index (χ1v) is 7.19. The molecule has 0 saturated carbocycles. The van der Waals surface area contributed by atoms with Gasteiger partial charge in [-0.2, -0.15) is 0 Å². The molecular weight excluding hydrogens is 306 g/mol. The molecule has 0 spiro atoms. The van der Waals surface area contributed by atoms with Crippen molar-refractivity contribution in [3.05, 3.63) is 35.9 Å². The zero-order valence-corrected chi connectivity index (χ0v) is 12.7. The van der Waals surface area contributed by atoms with E-state index in [1.807, 2.05) is 18.2 Å². The van der Waals surface area contributed by atoms with Crippen LogP contribution in [0.3, 0.4) is 0 Å². The molecular formula is C15H21NO7. The fraction of sp³-hybridized carbons (Fsp3) is 0.533. The summed E-state index contributed by atoms with van der Waals surface area (Å²) in [5.74, 6) is 0. The summed E-state index contributed by atoms with van der Waals surface area (Å²) in [5, 5.41) is 31.5. The molecule has 0 bridgehead atoms. The first-order valence-electron chi connectivity index (χ1n) is 7.19. The Morgan fingerprint density at radius 2 is 1.96 bits per heavy atom. The molecule has 1 amide bonds. The molecule has 2 rings (SSSR count). The number of aliphatic hydroxyl groups excluding tert-OH is 3. The highest BCUT2D eigenvalue weighted by molar-refractivity contribution is 5.67. The summed E-state index contributed by atoms with van der Waals surface area (Å²) in [4.78, 5) is 11.9. The molecule has 1 aliphatic rings. The first kappa shape index (κ1) is 17.6. The van der Waals surface area contributed by atoms with Gasteiger partial charge in [0.15, 0.2) is 6.29 Å². The number of methoxy groups -OCH3 is 1. The molecule has 0 aromatic heterocycles. The number of amides is 1. The second kappa shape index (κ2) is 8.23. The summed E-state index contributed by atoms with van der Waals surface area (Å²) < 4.78 is 15.4. The molecule has 8 heteroatoms. The van der Waals surface area contributed by atoms with E-state index < -0.39 is 43.3 Å². The Morgan fingerprint density at radius 3 is 2.57 bits per heavy atom. The number of hydrogen-bond donors (Lipinski definition) is 4. The van der Waals surface area contributed by atoms with Gasteiger partial charge in [0.1, 0.15) is 31.0 Å². The van der Waals surface area contributed by atoms with E-state index in [1.165, 1.54) is 7.11 Å². The summed E-state index contributed by atoms with van der Waals surface area (Å²) >= 11 is 0. The standard InChI is InChI=1S/C15H21NO7/c1-21-14-11(13(19)12(18)10(7-17)23-14)16-15(20)22-8-9-5-3-2-4-6-9/h2-6,10-14,17-19H,7-8H2,1H3,(H,16,20)/t10-,11-,12+,13+,14-/m1/s1. The molecule has 23 heavy (non-hydrogen) atoms. The van der Waals surface area contributed by atoms with Crippen molar-refractivity contribution in [1.29, 1.82) is 0 Å². The number of nitrogens with one attached hydrogen (secondary N) is 1. The lowest BCUT2D eigenvalue weighted by Crippen LogP contribution is -2.64. The van der Waals surface area contributed by atoms with Crippen molar-refractivity contribution in [3.63, 3.8) is 0 Å². The summed E-state index contributed by atoms with van der Waals surface area (Å²) in [6.07, 6.45) is -5.51. The van der Waals surface area contributed by atoms with Crippen molar-refractivity contribution in [2.45, 2.75) is 37.3 Å². The monoisotopic (exact) mass is 327 g/mol. The van der Waals surface area contributed by atoms with Gasteiger partial charge in [-0.05, 0) is 5.56 Å². The van der Waals surface area contributed by atoms with Gasteiger partial charge in [-0.15, -0.1) is 0 Å². The van der Waals surface area contributed by atoms with Crippen LogP contribution >= 0.6 is 0 Å². The van der Waals surface area contributed by atoms with E-state index in [-0.39, 0.29) is 6.61 Å². The second-order valence-electron chi connectivity index (χ2n) is 5.17. The smallest absolute Gasteiger partial charge is 0.407 e. The quantitative estimate of drug-likeness (QED) is 0.568. The SMILES string of the molecule is CO[C@@H]1O[C@H](CO)[C@H](O)[C@@H](O)[C@H]1NC(=O)OCc1ccccc1. The Morgan fingerprint density at radius 1 is 1.26 bits per heavy atom. The molecule has 1 aromatic carbocycles. The second-order valence-corrected chi connectivity index (χ2v) is 5.17. The highest BCUT2D eigenvalue weighted by atomic mass is 16.7. The van der Waals surface area contributed by atoms with Crippen LogP contribution < -0.4 is 5.32 Å². The van der Waals surface area contributed by atoms with Gasteiger partial charge in [-0.3, -0.25) is 0 Å². The number of alkyl carbamates (subject to hydrolysis) is 1. The summed E-state index contributed by atoms with van der Waals surface area (Å²) in [5.41, 5.74) is 0.812. The van der Waals surface area contributed by atoms with Crippen molar-refractivity contribution in [2.75, 3.05) is 13.7 Å². The predicted octanol–water partition coefficient (Wildman–Crippen LogP) is -0.633. The lowest BCUT2D eigenvalue weighted by atomic mass is 9.97. The molecule has 8 nitrogen and oxygen atoms in total. The molecule has 1 saturated heterocycles. The van der Waals surface area contributed by atoms with E-state index in [1.54, 1.807) is 12.1 Å². The number of ether oxygens (including phenoxy) is 3. The van der Waals surface area contributed by atoms with E-state index in [2.05, 4.69) is 5.32 Å². The largest absolute Gasteiger partial charge is 0.445 e. The summed E-state index contributed by atoms with van der Waals surface area (Å²) in [7, 11) is 1.33. The minimum absolute atomic E-state index is 0.0653. The van der Waals surface area contributed by atoms with Crippen molar-refractivity contribution in [3.8, 4) is 0 Å². The molecule has 1 heterocycles. The van der Waals surface area contributed by atoms with Gasteiger partial charge in [-0.1, -0.05) is 30.3 Å². The number of rotatable bonds is 5. The Balaban J connectivity index is 1.92. The van der Waals surface area contributed by atoms with E-state index in [0.717, 1.165) is 5.56 Å². The third-order valence-corrected chi connectivity index (χ3v) is 3.61. The minimum atomic E-state index is -1.37. The van der Waals surface area contributed by atoms with Crippen LogP contribution in [0, 0.1) is 0 Å². The van der Waals surface area contributed by atoms with Gasteiger partial charge < -0.3 is 34.8 Å². The average molecular weight is 327 g/mol.